The van der Waals surface area contributed by atoms with Gasteiger partial charge in [-0.25, -0.2) is 0 Å². The Labute approximate surface area is 118 Å². The van der Waals surface area contributed by atoms with Gasteiger partial charge < -0.3 is 10.1 Å². The van der Waals surface area contributed by atoms with Crippen LogP contribution in [0.1, 0.15) is 43.0 Å². The molecule has 0 radical (unpaired) electrons. The van der Waals surface area contributed by atoms with E-state index in [9.17, 15) is 14.4 Å². The van der Waals surface area contributed by atoms with Gasteiger partial charge in [-0.15, -0.1) is 0 Å². The van der Waals surface area contributed by atoms with Crippen LogP contribution in [0.4, 0.5) is 5.69 Å². The van der Waals surface area contributed by atoms with Crippen molar-refractivity contribution in [3.63, 3.8) is 0 Å². The van der Waals surface area contributed by atoms with Crippen molar-refractivity contribution in [2.75, 3.05) is 12.4 Å². The first-order valence-electron chi connectivity index (χ1n) is 6.56. The molecule has 1 amide bonds. The Morgan fingerprint density at radius 2 is 1.75 bits per heavy atom. The molecule has 0 saturated carbocycles. The molecule has 0 aliphatic rings. The maximum Gasteiger partial charge on any atom is 0.305 e. The van der Waals surface area contributed by atoms with E-state index in [2.05, 4.69) is 10.1 Å². The molecule has 5 nitrogen and oxygen atoms in total. The highest BCUT2D eigenvalue weighted by Crippen LogP contribution is 2.13. The lowest BCUT2D eigenvalue weighted by molar-refractivity contribution is -0.140. The van der Waals surface area contributed by atoms with Crippen LogP contribution in [0.3, 0.4) is 0 Å². The maximum atomic E-state index is 11.9. The number of methoxy groups -OCH3 is 1. The van der Waals surface area contributed by atoms with Gasteiger partial charge in [0, 0.05) is 30.5 Å². The molecule has 1 N–H and O–H groups in total. The van der Waals surface area contributed by atoms with Crippen molar-refractivity contribution in [2.24, 2.45) is 0 Å². The third kappa shape index (κ3) is 5.22. The standard InChI is InChI=1S/C15H19NO4/c1-3-14(18)16-12-9-7-11(8-10-12)13(17)5-4-6-15(19)20-2/h7-10H,3-6H2,1-2H3,(H,16,18). The topological polar surface area (TPSA) is 72.5 Å². The summed E-state index contributed by atoms with van der Waals surface area (Å²) in [5.74, 6) is -0.403. The van der Waals surface area contributed by atoms with Crippen LogP contribution in [0.15, 0.2) is 24.3 Å². The highest BCUT2D eigenvalue weighted by atomic mass is 16.5. The second-order valence-electron chi connectivity index (χ2n) is 4.33. The van der Waals surface area contributed by atoms with E-state index in [4.69, 9.17) is 0 Å². The normalized spacial score (nSPS) is 9.90. The van der Waals surface area contributed by atoms with Gasteiger partial charge in [0.25, 0.3) is 0 Å². The Kier molecular flexibility index (Phi) is 6.43. The van der Waals surface area contributed by atoms with Crippen LogP contribution in [0.25, 0.3) is 0 Å². The highest BCUT2D eigenvalue weighted by molar-refractivity contribution is 5.97. The zero-order chi connectivity index (χ0) is 15.0. The van der Waals surface area contributed by atoms with E-state index >= 15 is 0 Å². The number of carbonyl (C=O) groups excluding carboxylic acids is 3. The molecule has 0 spiro atoms. The molecular formula is C15H19NO4. The Morgan fingerprint density at radius 3 is 2.30 bits per heavy atom. The van der Waals surface area contributed by atoms with Crippen molar-refractivity contribution < 1.29 is 19.1 Å². The first-order valence-corrected chi connectivity index (χ1v) is 6.56. The third-order valence-corrected chi connectivity index (χ3v) is 2.82. The van der Waals surface area contributed by atoms with Gasteiger partial charge in [0.15, 0.2) is 5.78 Å². The smallest absolute Gasteiger partial charge is 0.305 e. The summed E-state index contributed by atoms with van der Waals surface area (Å²) in [7, 11) is 1.33. The second kappa shape index (κ2) is 8.09. The Balaban J connectivity index is 2.49. The number of ketones is 1. The minimum absolute atomic E-state index is 0.0257. The molecule has 108 valence electrons. The second-order valence-corrected chi connectivity index (χ2v) is 4.33. The number of Topliss-reactive ketones (excluding diaryl/α,β-unsaturated/α-hetero) is 1. The van der Waals surface area contributed by atoms with Crippen molar-refractivity contribution in [3.05, 3.63) is 29.8 Å². The predicted molar refractivity (Wildman–Crippen MR) is 75.6 cm³/mol. The minimum atomic E-state index is -0.310. The van der Waals surface area contributed by atoms with Crippen LogP contribution < -0.4 is 5.32 Å². The summed E-state index contributed by atoms with van der Waals surface area (Å²) in [6.07, 6.45) is 1.43. The summed E-state index contributed by atoms with van der Waals surface area (Å²) in [6.45, 7) is 1.77. The summed E-state index contributed by atoms with van der Waals surface area (Å²) in [4.78, 5) is 34.0. The van der Waals surface area contributed by atoms with Gasteiger partial charge in [-0.05, 0) is 30.7 Å². The average Bonchev–Trinajstić information content (AvgIpc) is 2.47. The first-order chi connectivity index (χ1) is 9.56. The Bertz CT molecular complexity index is 479. The number of hydrogen-bond donors (Lipinski definition) is 1. The van der Waals surface area contributed by atoms with Crippen LogP contribution in [0.2, 0.25) is 0 Å². The summed E-state index contributed by atoms with van der Waals surface area (Å²) in [5, 5.41) is 2.71. The molecule has 1 rings (SSSR count). The number of carbonyl (C=O) groups is 3. The van der Waals surface area contributed by atoms with E-state index in [1.807, 2.05) is 0 Å². The molecular weight excluding hydrogens is 258 g/mol. The zero-order valence-electron chi connectivity index (χ0n) is 11.8. The minimum Gasteiger partial charge on any atom is -0.469 e. The summed E-state index contributed by atoms with van der Waals surface area (Å²) >= 11 is 0. The van der Waals surface area contributed by atoms with Crippen LogP contribution in [0, 0.1) is 0 Å². The lowest BCUT2D eigenvalue weighted by atomic mass is 10.1. The van der Waals surface area contributed by atoms with Gasteiger partial charge in [0.2, 0.25) is 5.91 Å². The monoisotopic (exact) mass is 277 g/mol. The van der Waals surface area contributed by atoms with E-state index in [0.29, 0.717) is 30.5 Å². The summed E-state index contributed by atoms with van der Waals surface area (Å²) < 4.78 is 4.51. The van der Waals surface area contributed by atoms with Gasteiger partial charge in [0.1, 0.15) is 0 Å². The van der Waals surface area contributed by atoms with Crippen LogP contribution in [0.5, 0.6) is 0 Å². The molecule has 5 heteroatoms. The fraction of sp³-hybridized carbons (Fsp3) is 0.400. The largest absolute Gasteiger partial charge is 0.469 e. The molecule has 0 aliphatic heterocycles. The molecule has 1 aromatic carbocycles. The lowest BCUT2D eigenvalue weighted by Crippen LogP contribution is -2.09. The van der Waals surface area contributed by atoms with E-state index in [0.717, 1.165) is 0 Å². The Hall–Kier alpha value is -2.17. The van der Waals surface area contributed by atoms with E-state index in [1.165, 1.54) is 7.11 Å². The molecule has 0 bridgehead atoms. The molecule has 0 atom stereocenters. The predicted octanol–water partition coefficient (Wildman–Crippen LogP) is 2.56. The zero-order valence-corrected chi connectivity index (χ0v) is 11.8. The number of anilines is 1. The molecule has 0 aliphatic carbocycles. The van der Waals surface area contributed by atoms with Crippen molar-refractivity contribution in [3.8, 4) is 0 Å². The van der Waals surface area contributed by atoms with Crippen LogP contribution >= 0.6 is 0 Å². The van der Waals surface area contributed by atoms with Gasteiger partial charge in [-0.3, -0.25) is 14.4 Å². The third-order valence-electron chi connectivity index (χ3n) is 2.82. The summed E-state index contributed by atoms with van der Waals surface area (Å²) in [6, 6.07) is 6.74. The molecule has 0 fully saturated rings. The number of amides is 1. The molecule has 0 unspecified atom stereocenters. The first kappa shape index (κ1) is 15.9. The number of nitrogens with one attached hydrogen (secondary N) is 1. The van der Waals surface area contributed by atoms with E-state index < -0.39 is 0 Å². The molecule has 1 aromatic rings. The van der Waals surface area contributed by atoms with Crippen LogP contribution in [-0.2, 0) is 14.3 Å². The molecule has 0 heterocycles. The number of ether oxygens (including phenoxy) is 1. The molecule has 20 heavy (non-hydrogen) atoms. The fourth-order valence-corrected chi connectivity index (χ4v) is 1.63. The van der Waals surface area contributed by atoms with Crippen LogP contribution in [-0.4, -0.2) is 24.8 Å². The maximum absolute atomic E-state index is 11.9. The van der Waals surface area contributed by atoms with Gasteiger partial charge in [-0.2, -0.15) is 0 Å². The molecule has 0 aromatic heterocycles. The number of rotatable bonds is 7. The highest BCUT2D eigenvalue weighted by Gasteiger charge is 2.08. The van der Waals surface area contributed by atoms with E-state index in [1.54, 1.807) is 31.2 Å². The number of benzene rings is 1. The summed E-state index contributed by atoms with van der Waals surface area (Å²) in [5.41, 5.74) is 1.24. The number of hydrogen-bond acceptors (Lipinski definition) is 4. The number of esters is 1. The lowest BCUT2D eigenvalue weighted by Gasteiger charge is -2.05. The van der Waals surface area contributed by atoms with Crippen molar-refractivity contribution >= 4 is 23.3 Å². The van der Waals surface area contributed by atoms with Crippen molar-refractivity contribution in [1.82, 2.24) is 0 Å². The SMILES string of the molecule is CCC(=O)Nc1ccc(C(=O)CCCC(=O)OC)cc1. The van der Waals surface area contributed by atoms with Crippen molar-refractivity contribution in [1.29, 1.82) is 0 Å². The molecule has 0 saturated heterocycles. The quantitative estimate of drug-likeness (QED) is 0.614. The fourth-order valence-electron chi connectivity index (χ4n) is 1.63. The average molecular weight is 277 g/mol. The van der Waals surface area contributed by atoms with E-state index in [-0.39, 0.29) is 24.1 Å². The van der Waals surface area contributed by atoms with Gasteiger partial charge in [0.05, 0.1) is 7.11 Å². The van der Waals surface area contributed by atoms with Gasteiger partial charge in [-0.1, -0.05) is 6.92 Å². The Morgan fingerprint density at radius 1 is 1.10 bits per heavy atom. The van der Waals surface area contributed by atoms with Gasteiger partial charge >= 0.3 is 5.97 Å². The van der Waals surface area contributed by atoms with Crippen molar-refractivity contribution in [2.45, 2.75) is 32.6 Å².